The number of hydrogen-bond acceptors (Lipinski definition) is 0. The van der Waals surface area contributed by atoms with Crippen molar-refractivity contribution in [1.82, 2.24) is 0 Å². The van der Waals surface area contributed by atoms with E-state index < -0.39 is 11.6 Å². The van der Waals surface area contributed by atoms with Gasteiger partial charge in [-0.25, -0.2) is 8.78 Å². The van der Waals surface area contributed by atoms with E-state index in [0.29, 0.717) is 10.4 Å². The van der Waals surface area contributed by atoms with Crippen molar-refractivity contribution >= 4 is 15.9 Å². The van der Waals surface area contributed by atoms with Crippen LogP contribution in [0.1, 0.15) is 23.7 Å². The molecule has 1 atom stereocenters. The highest BCUT2D eigenvalue weighted by molar-refractivity contribution is 9.09. The second-order valence-electron chi connectivity index (χ2n) is 4.12. The third kappa shape index (κ3) is 2.78. The number of hydrogen-bond donors (Lipinski definition) is 0. The molecule has 0 saturated heterocycles. The zero-order valence-electron chi connectivity index (χ0n) is 9.96. The Hall–Kier alpha value is -1.22. The predicted octanol–water partition coefficient (Wildman–Crippen LogP) is 5.48. The van der Waals surface area contributed by atoms with Gasteiger partial charge in [0.05, 0.1) is 0 Å². The fraction of sp³-hybridized carbons (Fsp3) is 0.200. The van der Waals surface area contributed by atoms with Crippen LogP contribution in [0.5, 0.6) is 0 Å². The third-order valence-corrected chi connectivity index (χ3v) is 4.05. The number of benzene rings is 2. The molecule has 0 heterocycles. The molecule has 0 aromatic heterocycles. The molecule has 94 valence electrons. The van der Waals surface area contributed by atoms with E-state index in [-0.39, 0.29) is 0 Å². The van der Waals surface area contributed by atoms with E-state index in [4.69, 9.17) is 0 Å². The first-order valence-corrected chi connectivity index (χ1v) is 6.73. The maximum absolute atomic E-state index is 13.6. The SMILES string of the molecule is CCC(Br)c1ccc(-c2ccc(F)cc2F)cc1. The van der Waals surface area contributed by atoms with Gasteiger partial charge in [0, 0.05) is 16.5 Å². The molecule has 3 heteroatoms. The van der Waals surface area contributed by atoms with E-state index in [1.54, 1.807) is 0 Å². The minimum atomic E-state index is -0.556. The van der Waals surface area contributed by atoms with Crippen LogP contribution in [-0.2, 0) is 0 Å². The van der Waals surface area contributed by atoms with Crippen molar-refractivity contribution in [3.05, 3.63) is 59.7 Å². The Bertz CT molecular complexity index is 535. The molecule has 18 heavy (non-hydrogen) atoms. The summed E-state index contributed by atoms with van der Waals surface area (Å²) in [4.78, 5) is 0.310. The van der Waals surface area contributed by atoms with Crippen LogP contribution in [-0.4, -0.2) is 0 Å². The monoisotopic (exact) mass is 310 g/mol. The summed E-state index contributed by atoms with van der Waals surface area (Å²) in [6.45, 7) is 2.09. The van der Waals surface area contributed by atoms with Gasteiger partial charge < -0.3 is 0 Å². The van der Waals surface area contributed by atoms with Crippen LogP contribution in [0.25, 0.3) is 11.1 Å². The summed E-state index contributed by atoms with van der Waals surface area (Å²) >= 11 is 3.57. The summed E-state index contributed by atoms with van der Waals surface area (Å²) in [7, 11) is 0. The summed E-state index contributed by atoms with van der Waals surface area (Å²) in [5.74, 6) is -1.09. The summed E-state index contributed by atoms with van der Waals surface area (Å²) < 4.78 is 26.4. The van der Waals surface area contributed by atoms with Gasteiger partial charge in [-0.05, 0) is 29.7 Å². The fourth-order valence-corrected chi connectivity index (χ4v) is 2.14. The largest absolute Gasteiger partial charge is 0.207 e. The van der Waals surface area contributed by atoms with Gasteiger partial charge in [0.25, 0.3) is 0 Å². The molecule has 0 amide bonds. The molecule has 0 bridgehead atoms. The molecular weight excluding hydrogens is 298 g/mol. The molecule has 2 rings (SSSR count). The van der Waals surface area contributed by atoms with Crippen molar-refractivity contribution in [3.8, 4) is 11.1 Å². The zero-order valence-corrected chi connectivity index (χ0v) is 11.5. The van der Waals surface area contributed by atoms with Gasteiger partial charge in [0.15, 0.2) is 0 Å². The Balaban J connectivity index is 2.34. The highest BCUT2D eigenvalue weighted by Crippen LogP contribution is 2.29. The van der Waals surface area contributed by atoms with E-state index in [1.807, 2.05) is 24.3 Å². The van der Waals surface area contributed by atoms with Crippen molar-refractivity contribution in [2.24, 2.45) is 0 Å². The summed E-state index contributed by atoms with van der Waals surface area (Å²) in [6, 6.07) is 11.3. The minimum Gasteiger partial charge on any atom is -0.207 e. The van der Waals surface area contributed by atoms with Gasteiger partial charge in [-0.3, -0.25) is 0 Å². The van der Waals surface area contributed by atoms with Crippen molar-refractivity contribution in [2.75, 3.05) is 0 Å². The molecular formula is C15H13BrF2. The first-order valence-electron chi connectivity index (χ1n) is 5.81. The van der Waals surface area contributed by atoms with Gasteiger partial charge in [-0.15, -0.1) is 0 Å². The molecule has 0 nitrogen and oxygen atoms in total. The Labute approximate surface area is 114 Å². The van der Waals surface area contributed by atoms with E-state index in [9.17, 15) is 8.78 Å². The van der Waals surface area contributed by atoms with E-state index in [0.717, 1.165) is 23.6 Å². The maximum atomic E-state index is 13.6. The van der Waals surface area contributed by atoms with Crippen LogP contribution >= 0.6 is 15.9 Å². The van der Waals surface area contributed by atoms with Crippen molar-refractivity contribution in [3.63, 3.8) is 0 Å². The molecule has 0 aliphatic rings. The summed E-state index contributed by atoms with van der Waals surface area (Å²) in [6.07, 6.45) is 0.990. The van der Waals surface area contributed by atoms with Crippen LogP contribution in [0.15, 0.2) is 42.5 Å². The lowest BCUT2D eigenvalue weighted by atomic mass is 10.0. The van der Waals surface area contributed by atoms with Gasteiger partial charge in [0.2, 0.25) is 0 Å². The second kappa shape index (κ2) is 5.61. The maximum Gasteiger partial charge on any atom is 0.133 e. The Morgan fingerprint density at radius 3 is 2.28 bits per heavy atom. The molecule has 0 saturated carbocycles. The summed E-state index contributed by atoms with van der Waals surface area (Å²) in [5, 5.41) is 0. The van der Waals surface area contributed by atoms with Gasteiger partial charge >= 0.3 is 0 Å². The van der Waals surface area contributed by atoms with Crippen LogP contribution < -0.4 is 0 Å². The molecule has 0 aliphatic carbocycles. The lowest BCUT2D eigenvalue weighted by Crippen LogP contribution is -1.89. The van der Waals surface area contributed by atoms with E-state index >= 15 is 0 Å². The molecule has 0 fully saturated rings. The number of rotatable bonds is 3. The highest BCUT2D eigenvalue weighted by atomic mass is 79.9. The number of halogens is 3. The van der Waals surface area contributed by atoms with Crippen molar-refractivity contribution in [2.45, 2.75) is 18.2 Å². The van der Waals surface area contributed by atoms with E-state index in [1.165, 1.54) is 12.1 Å². The Morgan fingerprint density at radius 2 is 1.72 bits per heavy atom. The second-order valence-corrected chi connectivity index (χ2v) is 5.23. The molecule has 0 N–H and O–H groups in total. The Morgan fingerprint density at radius 1 is 1.06 bits per heavy atom. The molecule has 0 radical (unpaired) electrons. The smallest absolute Gasteiger partial charge is 0.133 e. The van der Waals surface area contributed by atoms with Gasteiger partial charge in [-0.1, -0.05) is 47.1 Å². The fourth-order valence-electron chi connectivity index (χ4n) is 1.83. The van der Waals surface area contributed by atoms with Gasteiger partial charge in [-0.2, -0.15) is 0 Å². The van der Waals surface area contributed by atoms with Crippen molar-refractivity contribution < 1.29 is 8.78 Å². The quantitative estimate of drug-likeness (QED) is 0.659. The van der Waals surface area contributed by atoms with Crippen LogP contribution in [0, 0.1) is 11.6 Å². The molecule has 2 aromatic carbocycles. The molecule has 1 unspecified atom stereocenters. The number of alkyl halides is 1. The zero-order chi connectivity index (χ0) is 13.1. The molecule has 0 aliphatic heterocycles. The lowest BCUT2D eigenvalue weighted by Gasteiger charge is -2.09. The Kier molecular flexibility index (Phi) is 4.12. The first-order chi connectivity index (χ1) is 8.61. The van der Waals surface area contributed by atoms with Gasteiger partial charge in [0.1, 0.15) is 11.6 Å². The lowest BCUT2D eigenvalue weighted by molar-refractivity contribution is 0.585. The van der Waals surface area contributed by atoms with E-state index in [2.05, 4.69) is 22.9 Å². The van der Waals surface area contributed by atoms with Crippen molar-refractivity contribution in [1.29, 1.82) is 0 Å². The van der Waals surface area contributed by atoms with Crippen LogP contribution in [0.2, 0.25) is 0 Å². The molecule has 2 aromatic rings. The summed E-state index contributed by atoms with van der Waals surface area (Å²) in [5.41, 5.74) is 2.33. The van der Waals surface area contributed by atoms with Crippen LogP contribution in [0.4, 0.5) is 8.78 Å². The normalized spacial score (nSPS) is 12.4. The standard InChI is InChI=1S/C15H13BrF2/c1-2-14(16)11-5-3-10(4-6-11)13-8-7-12(17)9-15(13)18/h3-9,14H,2H2,1H3. The third-order valence-electron chi connectivity index (χ3n) is 2.87. The average molecular weight is 311 g/mol. The highest BCUT2D eigenvalue weighted by Gasteiger charge is 2.08. The molecule has 0 spiro atoms. The van der Waals surface area contributed by atoms with Crippen LogP contribution in [0.3, 0.4) is 0 Å². The average Bonchev–Trinajstić information content (AvgIpc) is 2.38. The predicted molar refractivity (Wildman–Crippen MR) is 73.8 cm³/mol. The minimum absolute atomic E-state index is 0.310. The first kappa shape index (κ1) is 13.2. The topological polar surface area (TPSA) is 0 Å².